The predicted octanol–water partition coefficient (Wildman–Crippen LogP) is 1.77. The van der Waals surface area contributed by atoms with Gasteiger partial charge in [0, 0.05) is 23.1 Å². The van der Waals surface area contributed by atoms with Gasteiger partial charge >= 0.3 is 0 Å². The van der Waals surface area contributed by atoms with Crippen LogP contribution >= 0.6 is 11.8 Å². The monoisotopic (exact) mass is 215 g/mol. The molecule has 1 aliphatic carbocycles. The quantitative estimate of drug-likeness (QED) is 0.736. The highest BCUT2D eigenvalue weighted by Crippen LogP contribution is 2.27. The summed E-state index contributed by atoms with van der Waals surface area (Å²) in [4.78, 5) is 0. The van der Waals surface area contributed by atoms with Crippen LogP contribution in [0.2, 0.25) is 0 Å². The summed E-state index contributed by atoms with van der Waals surface area (Å²) in [6.07, 6.45) is 5.61. The van der Waals surface area contributed by atoms with Gasteiger partial charge in [-0.15, -0.1) is 0 Å². The molecule has 2 nitrogen and oxygen atoms in total. The van der Waals surface area contributed by atoms with E-state index in [2.05, 4.69) is 24.0 Å². The SMILES string of the molecule is CC1CC(NC2CCC(O)CC2)CS1. The molecule has 2 fully saturated rings. The van der Waals surface area contributed by atoms with Crippen LogP contribution in [0.4, 0.5) is 0 Å². The maximum absolute atomic E-state index is 9.40. The molecule has 2 atom stereocenters. The number of aliphatic hydroxyl groups excluding tert-OH is 1. The van der Waals surface area contributed by atoms with Gasteiger partial charge in [0.2, 0.25) is 0 Å². The van der Waals surface area contributed by atoms with Crippen LogP contribution < -0.4 is 5.32 Å². The molecule has 1 aliphatic heterocycles. The smallest absolute Gasteiger partial charge is 0.0541 e. The van der Waals surface area contributed by atoms with E-state index >= 15 is 0 Å². The van der Waals surface area contributed by atoms with Crippen LogP contribution in [-0.4, -0.2) is 34.3 Å². The molecule has 0 aromatic rings. The van der Waals surface area contributed by atoms with Gasteiger partial charge in [-0.05, 0) is 32.1 Å². The predicted molar refractivity (Wildman–Crippen MR) is 61.7 cm³/mol. The molecule has 2 rings (SSSR count). The van der Waals surface area contributed by atoms with Gasteiger partial charge in [0.05, 0.1) is 6.10 Å². The molecule has 1 saturated heterocycles. The number of rotatable bonds is 2. The largest absolute Gasteiger partial charge is 0.393 e. The highest BCUT2D eigenvalue weighted by molar-refractivity contribution is 8.00. The molecule has 0 amide bonds. The first-order chi connectivity index (χ1) is 6.74. The van der Waals surface area contributed by atoms with Crippen molar-refractivity contribution in [3.63, 3.8) is 0 Å². The minimum atomic E-state index is -0.0232. The van der Waals surface area contributed by atoms with Crippen LogP contribution in [0.1, 0.15) is 39.0 Å². The van der Waals surface area contributed by atoms with E-state index in [1.54, 1.807) is 0 Å². The number of aliphatic hydroxyl groups is 1. The van der Waals surface area contributed by atoms with E-state index in [0.29, 0.717) is 6.04 Å². The molecule has 82 valence electrons. The van der Waals surface area contributed by atoms with Crippen molar-refractivity contribution in [1.82, 2.24) is 5.32 Å². The van der Waals surface area contributed by atoms with Crippen LogP contribution in [0.25, 0.3) is 0 Å². The molecule has 2 N–H and O–H groups in total. The zero-order valence-corrected chi connectivity index (χ0v) is 9.72. The van der Waals surface area contributed by atoms with Crippen molar-refractivity contribution in [1.29, 1.82) is 0 Å². The molecule has 0 aromatic carbocycles. The van der Waals surface area contributed by atoms with E-state index in [1.807, 2.05) is 0 Å². The molecule has 0 bridgehead atoms. The third-order valence-corrected chi connectivity index (χ3v) is 4.72. The Morgan fingerprint density at radius 2 is 1.86 bits per heavy atom. The lowest BCUT2D eigenvalue weighted by Gasteiger charge is -2.28. The Kier molecular flexibility index (Phi) is 3.74. The van der Waals surface area contributed by atoms with Crippen LogP contribution in [0.5, 0.6) is 0 Å². The molecule has 14 heavy (non-hydrogen) atoms. The highest BCUT2D eigenvalue weighted by atomic mass is 32.2. The van der Waals surface area contributed by atoms with E-state index in [1.165, 1.54) is 12.2 Å². The summed E-state index contributed by atoms with van der Waals surface area (Å²) in [5.74, 6) is 1.28. The minimum Gasteiger partial charge on any atom is -0.393 e. The summed E-state index contributed by atoms with van der Waals surface area (Å²) < 4.78 is 0. The van der Waals surface area contributed by atoms with Gasteiger partial charge < -0.3 is 10.4 Å². The van der Waals surface area contributed by atoms with Crippen molar-refractivity contribution in [2.45, 2.75) is 62.5 Å². The van der Waals surface area contributed by atoms with Crippen molar-refractivity contribution < 1.29 is 5.11 Å². The van der Waals surface area contributed by atoms with E-state index < -0.39 is 0 Å². The first-order valence-electron chi connectivity index (χ1n) is 5.80. The fraction of sp³-hybridized carbons (Fsp3) is 1.00. The lowest BCUT2D eigenvalue weighted by Crippen LogP contribution is -2.41. The summed E-state index contributed by atoms with van der Waals surface area (Å²) in [5, 5.41) is 14.0. The Balaban J connectivity index is 1.70. The van der Waals surface area contributed by atoms with E-state index in [-0.39, 0.29) is 6.10 Å². The molecular formula is C11H21NOS. The summed E-state index contributed by atoms with van der Waals surface area (Å²) in [6.45, 7) is 2.32. The summed E-state index contributed by atoms with van der Waals surface area (Å²) in [6, 6.07) is 1.41. The first kappa shape index (κ1) is 10.8. The second kappa shape index (κ2) is 4.86. The fourth-order valence-electron chi connectivity index (χ4n) is 2.51. The van der Waals surface area contributed by atoms with Crippen LogP contribution in [-0.2, 0) is 0 Å². The molecule has 1 saturated carbocycles. The lowest BCUT2D eigenvalue weighted by atomic mass is 9.92. The van der Waals surface area contributed by atoms with Gasteiger partial charge in [-0.3, -0.25) is 0 Å². The van der Waals surface area contributed by atoms with Gasteiger partial charge in [0.1, 0.15) is 0 Å². The number of hydrogen-bond donors (Lipinski definition) is 2. The normalized spacial score (nSPS) is 44.1. The Morgan fingerprint density at radius 3 is 2.43 bits per heavy atom. The molecule has 0 spiro atoms. The lowest BCUT2D eigenvalue weighted by molar-refractivity contribution is 0.114. The summed E-state index contributed by atoms with van der Waals surface area (Å²) in [5.41, 5.74) is 0. The van der Waals surface area contributed by atoms with E-state index in [0.717, 1.165) is 37.0 Å². The Morgan fingerprint density at radius 1 is 1.14 bits per heavy atom. The van der Waals surface area contributed by atoms with Crippen LogP contribution in [0.3, 0.4) is 0 Å². The van der Waals surface area contributed by atoms with Gasteiger partial charge in [0.25, 0.3) is 0 Å². The Bertz CT molecular complexity index is 180. The third-order valence-electron chi connectivity index (χ3n) is 3.37. The van der Waals surface area contributed by atoms with Gasteiger partial charge in [-0.2, -0.15) is 11.8 Å². The topological polar surface area (TPSA) is 32.3 Å². The zero-order chi connectivity index (χ0) is 9.97. The number of hydrogen-bond acceptors (Lipinski definition) is 3. The second-order valence-electron chi connectivity index (χ2n) is 4.75. The molecule has 1 heterocycles. The van der Waals surface area contributed by atoms with Crippen molar-refractivity contribution >= 4 is 11.8 Å². The Labute approximate surface area is 90.8 Å². The Hall–Kier alpha value is 0.270. The van der Waals surface area contributed by atoms with Crippen LogP contribution in [0.15, 0.2) is 0 Å². The molecule has 0 aromatic heterocycles. The average molecular weight is 215 g/mol. The number of nitrogens with one attached hydrogen (secondary N) is 1. The van der Waals surface area contributed by atoms with E-state index in [9.17, 15) is 5.11 Å². The summed E-state index contributed by atoms with van der Waals surface area (Å²) >= 11 is 2.08. The van der Waals surface area contributed by atoms with E-state index in [4.69, 9.17) is 0 Å². The third kappa shape index (κ3) is 2.88. The van der Waals surface area contributed by atoms with Crippen molar-refractivity contribution in [2.24, 2.45) is 0 Å². The first-order valence-corrected chi connectivity index (χ1v) is 6.84. The zero-order valence-electron chi connectivity index (χ0n) is 8.91. The van der Waals surface area contributed by atoms with Gasteiger partial charge in [0.15, 0.2) is 0 Å². The van der Waals surface area contributed by atoms with Gasteiger partial charge in [-0.25, -0.2) is 0 Å². The van der Waals surface area contributed by atoms with Gasteiger partial charge in [-0.1, -0.05) is 6.92 Å². The molecule has 3 heteroatoms. The standard InChI is InChI=1S/C11H21NOS/c1-8-6-10(7-14-8)12-9-2-4-11(13)5-3-9/h8-13H,2-7H2,1H3. The molecule has 2 aliphatic rings. The second-order valence-corrected chi connectivity index (χ2v) is 6.22. The highest BCUT2D eigenvalue weighted by Gasteiger charge is 2.26. The van der Waals surface area contributed by atoms with Crippen molar-refractivity contribution in [3.05, 3.63) is 0 Å². The van der Waals surface area contributed by atoms with Crippen molar-refractivity contribution in [3.8, 4) is 0 Å². The molecule has 2 unspecified atom stereocenters. The molecule has 0 radical (unpaired) electrons. The maximum Gasteiger partial charge on any atom is 0.0541 e. The number of thioether (sulfide) groups is 1. The summed E-state index contributed by atoms with van der Waals surface area (Å²) in [7, 11) is 0. The average Bonchev–Trinajstić information content (AvgIpc) is 2.56. The minimum absolute atomic E-state index is 0.0232. The van der Waals surface area contributed by atoms with Crippen molar-refractivity contribution in [2.75, 3.05) is 5.75 Å². The maximum atomic E-state index is 9.40. The molecular weight excluding hydrogens is 194 g/mol. The fourth-order valence-corrected chi connectivity index (χ4v) is 3.67. The van der Waals surface area contributed by atoms with Crippen LogP contribution in [0, 0.1) is 0 Å².